The molecule has 2 unspecified atom stereocenters. The summed E-state index contributed by atoms with van der Waals surface area (Å²) in [5.74, 6) is 1.14. The van der Waals surface area contributed by atoms with E-state index in [0.29, 0.717) is 28.7 Å². The molecule has 0 amide bonds. The van der Waals surface area contributed by atoms with E-state index in [2.05, 4.69) is 33.3 Å². The van der Waals surface area contributed by atoms with Gasteiger partial charge in [0.25, 0.3) is 5.56 Å². The molecule has 0 saturated heterocycles. The topological polar surface area (TPSA) is 46.9 Å². The van der Waals surface area contributed by atoms with E-state index in [1.165, 1.54) is 19.0 Å². The van der Waals surface area contributed by atoms with Crippen LogP contribution in [0, 0.1) is 11.8 Å². The minimum Gasteiger partial charge on any atom is -0.382 e. The smallest absolute Gasteiger partial charge is 0.382 e. The van der Waals surface area contributed by atoms with Crippen molar-refractivity contribution in [3.05, 3.63) is 21.0 Å². The average Bonchev–Trinajstić information content (AvgIpc) is 2.78. The first-order chi connectivity index (χ1) is 9.78. The van der Waals surface area contributed by atoms with E-state index in [0.717, 1.165) is 6.42 Å². The first-order valence-electron chi connectivity index (χ1n) is 6.84. The molecule has 21 heavy (non-hydrogen) atoms. The fourth-order valence-corrected chi connectivity index (χ4v) is 3.08. The van der Waals surface area contributed by atoms with Crippen molar-refractivity contribution in [1.82, 2.24) is 9.78 Å². The molecular weight excluding hydrogens is 351 g/mol. The van der Waals surface area contributed by atoms with Gasteiger partial charge in [-0.15, -0.1) is 0 Å². The number of rotatable bonds is 4. The molecule has 1 aliphatic carbocycles. The molecular formula is C13H17BrF3N3O. The molecule has 118 valence electrons. The van der Waals surface area contributed by atoms with Gasteiger partial charge in [0.05, 0.1) is 11.9 Å². The minimum atomic E-state index is -4.47. The molecule has 1 aromatic heterocycles. The lowest BCUT2D eigenvalue weighted by Crippen LogP contribution is -2.31. The molecule has 0 spiro atoms. The van der Waals surface area contributed by atoms with Gasteiger partial charge in [0, 0.05) is 6.54 Å². The van der Waals surface area contributed by atoms with E-state index in [1.807, 2.05) is 0 Å². The number of nitrogens with zero attached hydrogens (tertiary/aromatic N) is 2. The van der Waals surface area contributed by atoms with E-state index < -0.39 is 18.3 Å². The number of halogens is 4. The molecule has 1 N–H and O–H groups in total. The Balaban J connectivity index is 2.08. The van der Waals surface area contributed by atoms with Gasteiger partial charge in [0.2, 0.25) is 0 Å². The third-order valence-electron chi connectivity index (χ3n) is 3.91. The lowest BCUT2D eigenvalue weighted by molar-refractivity contribution is -0.143. The van der Waals surface area contributed by atoms with Gasteiger partial charge in [0.15, 0.2) is 0 Å². The number of nitrogens with one attached hydrogen (secondary N) is 1. The molecule has 0 aromatic carbocycles. The van der Waals surface area contributed by atoms with E-state index >= 15 is 0 Å². The number of hydrogen-bond donors (Lipinski definition) is 1. The van der Waals surface area contributed by atoms with Crippen LogP contribution in [0.3, 0.4) is 0 Å². The van der Waals surface area contributed by atoms with Crippen LogP contribution in [-0.4, -0.2) is 22.5 Å². The fraction of sp³-hybridized carbons (Fsp3) is 0.692. The van der Waals surface area contributed by atoms with Crippen molar-refractivity contribution in [2.75, 3.05) is 11.9 Å². The first kappa shape index (κ1) is 16.3. The van der Waals surface area contributed by atoms with Crippen LogP contribution in [-0.2, 0) is 6.54 Å². The highest BCUT2D eigenvalue weighted by molar-refractivity contribution is 9.10. The van der Waals surface area contributed by atoms with Crippen LogP contribution in [0.1, 0.15) is 26.2 Å². The molecule has 8 heteroatoms. The molecule has 2 atom stereocenters. The predicted molar refractivity (Wildman–Crippen MR) is 77.2 cm³/mol. The molecule has 4 nitrogen and oxygen atoms in total. The number of aromatic nitrogens is 2. The summed E-state index contributed by atoms with van der Waals surface area (Å²) in [7, 11) is 0. The first-order valence-corrected chi connectivity index (χ1v) is 7.63. The van der Waals surface area contributed by atoms with Crippen LogP contribution < -0.4 is 10.9 Å². The molecule has 1 heterocycles. The molecule has 1 saturated carbocycles. The van der Waals surface area contributed by atoms with E-state index in [4.69, 9.17) is 0 Å². The summed E-state index contributed by atoms with van der Waals surface area (Å²) >= 11 is 3.06. The Morgan fingerprint density at radius 3 is 2.76 bits per heavy atom. The van der Waals surface area contributed by atoms with Crippen molar-refractivity contribution in [3.8, 4) is 0 Å². The van der Waals surface area contributed by atoms with Gasteiger partial charge < -0.3 is 5.32 Å². The van der Waals surface area contributed by atoms with Gasteiger partial charge in [-0.25, -0.2) is 4.68 Å². The quantitative estimate of drug-likeness (QED) is 0.886. The Bertz CT molecular complexity index is 559. The molecule has 0 aliphatic heterocycles. The number of alkyl halides is 3. The van der Waals surface area contributed by atoms with E-state index in [9.17, 15) is 18.0 Å². The third-order valence-corrected chi connectivity index (χ3v) is 4.67. The summed E-state index contributed by atoms with van der Waals surface area (Å²) in [6.45, 7) is 1.50. The van der Waals surface area contributed by atoms with Gasteiger partial charge in [-0.3, -0.25) is 4.79 Å². The van der Waals surface area contributed by atoms with Crippen molar-refractivity contribution >= 4 is 21.6 Å². The third kappa shape index (κ3) is 4.21. The lowest BCUT2D eigenvalue weighted by atomic mass is 9.98. The van der Waals surface area contributed by atoms with Crippen molar-refractivity contribution in [3.63, 3.8) is 0 Å². The number of anilines is 1. The highest BCUT2D eigenvalue weighted by Crippen LogP contribution is 2.31. The molecule has 2 rings (SSSR count). The fourth-order valence-electron chi connectivity index (χ4n) is 2.64. The van der Waals surface area contributed by atoms with E-state index in [-0.39, 0.29) is 4.47 Å². The van der Waals surface area contributed by atoms with Crippen LogP contribution in [0.5, 0.6) is 0 Å². The van der Waals surface area contributed by atoms with Gasteiger partial charge in [-0.05, 0) is 34.2 Å². The summed E-state index contributed by atoms with van der Waals surface area (Å²) < 4.78 is 37.5. The summed E-state index contributed by atoms with van der Waals surface area (Å²) in [6, 6.07) is 0. The largest absolute Gasteiger partial charge is 0.408 e. The summed E-state index contributed by atoms with van der Waals surface area (Å²) in [5.41, 5.74) is -0.339. The van der Waals surface area contributed by atoms with Crippen molar-refractivity contribution in [2.24, 2.45) is 11.8 Å². The van der Waals surface area contributed by atoms with Crippen LogP contribution in [0.2, 0.25) is 0 Å². The Kier molecular flexibility index (Phi) is 4.95. The van der Waals surface area contributed by atoms with Gasteiger partial charge in [-0.1, -0.05) is 19.8 Å². The maximum Gasteiger partial charge on any atom is 0.408 e. The zero-order valence-corrected chi connectivity index (χ0v) is 13.2. The molecule has 0 radical (unpaired) electrons. The second kappa shape index (κ2) is 6.37. The van der Waals surface area contributed by atoms with Crippen LogP contribution in [0.25, 0.3) is 0 Å². The Morgan fingerprint density at radius 2 is 2.19 bits per heavy atom. The summed E-state index contributed by atoms with van der Waals surface area (Å²) in [4.78, 5) is 11.8. The monoisotopic (exact) mass is 367 g/mol. The zero-order valence-electron chi connectivity index (χ0n) is 11.6. The van der Waals surface area contributed by atoms with E-state index in [1.54, 1.807) is 0 Å². The lowest BCUT2D eigenvalue weighted by Gasteiger charge is -2.17. The zero-order chi connectivity index (χ0) is 15.6. The molecule has 1 aromatic rings. The predicted octanol–water partition coefficient (Wildman–Crippen LogP) is 3.42. The maximum atomic E-state index is 12.3. The van der Waals surface area contributed by atoms with Crippen molar-refractivity contribution in [1.29, 1.82) is 0 Å². The minimum absolute atomic E-state index is 0.0902. The second-order valence-corrected chi connectivity index (χ2v) is 6.29. The Hall–Kier alpha value is -1.05. The summed E-state index contributed by atoms with van der Waals surface area (Å²) in [6.07, 6.45) is 0.310. The van der Waals surface area contributed by atoms with Crippen LogP contribution in [0.4, 0.5) is 18.9 Å². The molecule has 0 bridgehead atoms. The highest BCUT2D eigenvalue weighted by atomic mass is 79.9. The van der Waals surface area contributed by atoms with Crippen LogP contribution in [0.15, 0.2) is 15.5 Å². The summed E-state index contributed by atoms with van der Waals surface area (Å²) in [5, 5.41) is 6.69. The van der Waals surface area contributed by atoms with Gasteiger partial charge in [-0.2, -0.15) is 18.3 Å². The second-order valence-electron chi connectivity index (χ2n) is 5.50. The number of hydrogen-bond acceptors (Lipinski definition) is 3. The molecule has 1 fully saturated rings. The van der Waals surface area contributed by atoms with Gasteiger partial charge >= 0.3 is 6.18 Å². The highest BCUT2D eigenvalue weighted by Gasteiger charge is 2.30. The average molecular weight is 368 g/mol. The van der Waals surface area contributed by atoms with Crippen molar-refractivity contribution < 1.29 is 13.2 Å². The Morgan fingerprint density at radius 1 is 1.48 bits per heavy atom. The molecule has 1 aliphatic rings. The Labute approximate surface area is 128 Å². The van der Waals surface area contributed by atoms with Crippen LogP contribution >= 0.6 is 15.9 Å². The van der Waals surface area contributed by atoms with Gasteiger partial charge in [0.1, 0.15) is 11.0 Å². The maximum absolute atomic E-state index is 12.3. The standard InChI is InChI=1S/C13H17BrF3N3O/c1-8-3-2-4-9(8)5-18-10-6-19-20(7-13(15,16)17)12(21)11(10)14/h6,8-9,18H,2-5,7H2,1H3. The van der Waals surface area contributed by atoms with Crippen molar-refractivity contribution in [2.45, 2.75) is 38.9 Å². The SMILES string of the molecule is CC1CCCC1CNc1cnn(CC(F)(F)F)c(=O)c1Br. The normalized spacial score (nSPS) is 22.5.